The fraction of sp³-hybridized carbons (Fsp3) is 0.467. The Morgan fingerprint density at radius 3 is 2.71 bits per heavy atom. The third kappa shape index (κ3) is 3.33. The van der Waals surface area contributed by atoms with Crippen molar-refractivity contribution >= 4 is 17.6 Å². The van der Waals surface area contributed by atoms with E-state index in [2.05, 4.69) is 10.6 Å². The molecular weight excluding hydrogens is 272 g/mol. The fourth-order valence-corrected chi connectivity index (χ4v) is 2.45. The second-order valence-electron chi connectivity index (χ2n) is 5.39. The van der Waals surface area contributed by atoms with Gasteiger partial charge in [-0.25, -0.2) is 4.79 Å². The highest BCUT2D eigenvalue weighted by Gasteiger charge is 2.34. The molecule has 1 aromatic rings. The van der Waals surface area contributed by atoms with Crippen molar-refractivity contribution in [3.63, 3.8) is 0 Å². The molecule has 0 radical (unpaired) electrons. The van der Waals surface area contributed by atoms with Crippen LogP contribution in [0.4, 0.5) is 5.69 Å². The molecular formula is C15H20N2O4. The maximum absolute atomic E-state index is 12.4. The van der Waals surface area contributed by atoms with Crippen LogP contribution in [0.1, 0.15) is 36.5 Å². The van der Waals surface area contributed by atoms with Gasteiger partial charge in [0.2, 0.25) is 5.91 Å². The molecule has 3 N–H and O–H groups in total. The first-order valence-electron chi connectivity index (χ1n) is 6.94. The maximum atomic E-state index is 12.4. The first-order valence-corrected chi connectivity index (χ1v) is 6.94. The summed E-state index contributed by atoms with van der Waals surface area (Å²) in [5, 5.41) is 15.2. The maximum Gasteiger partial charge on any atom is 0.337 e. The number of aromatic carboxylic acids is 1. The highest BCUT2D eigenvalue weighted by Crippen LogP contribution is 2.25. The number of anilines is 1. The smallest absolute Gasteiger partial charge is 0.337 e. The largest absolute Gasteiger partial charge is 0.497 e. The summed E-state index contributed by atoms with van der Waals surface area (Å²) >= 11 is 0. The quantitative estimate of drug-likeness (QED) is 0.788. The minimum absolute atomic E-state index is 0.0158. The summed E-state index contributed by atoms with van der Waals surface area (Å²) < 4.78 is 5.01. The van der Waals surface area contributed by atoms with Crippen LogP contribution in [0.2, 0.25) is 0 Å². The first-order chi connectivity index (χ1) is 9.96. The molecule has 1 atom stereocenters. The second-order valence-corrected chi connectivity index (χ2v) is 5.39. The number of benzene rings is 1. The van der Waals surface area contributed by atoms with Gasteiger partial charge >= 0.3 is 5.97 Å². The third-order valence-corrected chi connectivity index (χ3v) is 3.83. The zero-order valence-corrected chi connectivity index (χ0v) is 12.2. The van der Waals surface area contributed by atoms with E-state index in [0.717, 1.165) is 25.8 Å². The number of hydrogen-bond acceptors (Lipinski definition) is 4. The van der Waals surface area contributed by atoms with Crippen molar-refractivity contribution in [1.82, 2.24) is 5.32 Å². The van der Waals surface area contributed by atoms with Crippen LogP contribution < -0.4 is 15.4 Å². The van der Waals surface area contributed by atoms with Crippen LogP contribution >= 0.6 is 0 Å². The Labute approximate surface area is 123 Å². The zero-order valence-electron chi connectivity index (χ0n) is 12.2. The van der Waals surface area contributed by atoms with Gasteiger partial charge in [0.15, 0.2) is 0 Å². The molecule has 6 heteroatoms. The summed E-state index contributed by atoms with van der Waals surface area (Å²) in [5.74, 6) is -0.881. The summed E-state index contributed by atoms with van der Waals surface area (Å²) in [5.41, 5.74) is -0.363. The van der Waals surface area contributed by atoms with E-state index < -0.39 is 11.5 Å². The zero-order chi connectivity index (χ0) is 15.5. The average molecular weight is 292 g/mol. The van der Waals surface area contributed by atoms with Gasteiger partial charge in [-0.2, -0.15) is 0 Å². The van der Waals surface area contributed by atoms with E-state index in [1.165, 1.54) is 13.2 Å². The van der Waals surface area contributed by atoms with Crippen LogP contribution in [0.25, 0.3) is 0 Å². The minimum atomic E-state index is -1.11. The number of amides is 1. The number of methoxy groups -OCH3 is 1. The lowest BCUT2D eigenvalue weighted by atomic mass is 9.90. The lowest BCUT2D eigenvalue weighted by Crippen LogP contribution is -2.54. The molecule has 1 aromatic carbocycles. The average Bonchev–Trinajstić information content (AvgIpc) is 2.48. The van der Waals surface area contributed by atoms with Gasteiger partial charge in [-0.3, -0.25) is 4.79 Å². The Balaban J connectivity index is 2.22. The van der Waals surface area contributed by atoms with Gasteiger partial charge in [0.1, 0.15) is 5.75 Å². The molecule has 1 amide bonds. The summed E-state index contributed by atoms with van der Waals surface area (Å²) in [6, 6.07) is 4.57. The van der Waals surface area contributed by atoms with Gasteiger partial charge < -0.3 is 20.5 Å². The number of piperidine rings is 1. The molecule has 114 valence electrons. The standard InChI is InChI=1S/C15H20N2O4/c1-15(7-3-4-8-16-15)14(20)17-12-6-5-10(21-2)9-11(12)13(18)19/h5-6,9,16H,3-4,7-8H2,1-2H3,(H,17,20)(H,18,19). The van der Waals surface area contributed by atoms with E-state index in [4.69, 9.17) is 4.74 Å². The fourth-order valence-electron chi connectivity index (χ4n) is 2.45. The molecule has 1 unspecified atom stereocenters. The number of nitrogens with one attached hydrogen (secondary N) is 2. The SMILES string of the molecule is COc1ccc(NC(=O)C2(C)CCCCN2)c(C(=O)O)c1. The highest BCUT2D eigenvalue weighted by atomic mass is 16.5. The van der Waals surface area contributed by atoms with E-state index in [-0.39, 0.29) is 17.2 Å². The molecule has 1 heterocycles. The number of carbonyl (C=O) groups excluding carboxylic acids is 1. The predicted molar refractivity (Wildman–Crippen MR) is 78.8 cm³/mol. The molecule has 0 saturated carbocycles. The number of carboxylic acid groups (broad SMARTS) is 1. The Morgan fingerprint density at radius 1 is 1.38 bits per heavy atom. The summed E-state index contributed by atoms with van der Waals surface area (Å²) in [7, 11) is 1.46. The summed E-state index contributed by atoms with van der Waals surface area (Å²) in [4.78, 5) is 23.7. The molecule has 1 aliphatic heterocycles. The first kappa shape index (κ1) is 15.3. The summed E-state index contributed by atoms with van der Waals surface area (Å²) in [6.07, 6.45) is 2.76. The predicted octanol–water partition coefficient (Wildman–Crippen LogP) is 1.86. The number of hydrogen-bond donors (Lipinski definition) is 3. The molecule has 0 bridgehead atoms. The number of carboxylic acids is 1. The Kier molecular flexibility index (Phi) is 4.47. The Hall–Kier alpha value is -2.08. The van der Waals surface area contributed by atoms with Crippen molar-refractivity contribution in [2.45, 2.75) is 31.7 Å². The van der Waals surface area contributed by atoms with Crippen LogP contribution in [-0.4, -0.2) is 36.2 Å². The van der Waals surface area contributed by atoms with Crippen molar-refractivity contribution in [2.75, 3.05) is 19.0 Å². The second kappa shape index (κ2) is 6.13. The number of rotatable bonds is 4. The van der Waals surface area contributed by atoms with Crippen molar-refractivity contribution in [2.24, 2.45) is 0 Å². The Bertz CT molecular complexity index is 551. The van der Waals surface area contributed by atoms with E-state index >= 15 is 0 Å². The monoisotopic (exact) mass is 292 g/mol. The lowest BCUT2D eigenvalue weighted by Gasteiger charge is -2.33. The van der Waals surface area contributed by atoms with Gasteiger partial charge in [0.25, 0.3) is 0 Å². The number of carbonyl (C=O) groups is 2. The molecule has 21 heavy (non-hydrogen) atoms. The molecule has 0 spiro atoms. The molecule has 1 saturated heterocycles. The normalized spacial score (nSPS) is 21.6. The Morgan fingerprint density at radius 2 is 2.14 bits per heavy atom. The van der Waals surface area contributed by atoms with Gasteiger partial charge in [0, 0.05) is 0 Å². The number of ether oxygens (including phenoxy) is 1. The van der Waals surface area contributed by atoms with Crippen LogP contribution in [0.15, 0.2) is 18.2 Å². The van der Waals surface area contributed by atoms with E-state index in [1.807, 2.05) is 6.92 Å². The topological polar surface area (TPSA) is 87.7 Å². The van der Waals surface area contributed by atoms with E-state index in [0.29, 0.717) is 5.75 Å². The molecule has 6 nitrogen and oxygen atoms in total. The van der Waals surface area contributed by atoms with E-state index in [9.17, 15) is 14.7 Å². The lowest BCUT2D eigenvalue weighted by molar-refractivity contribution is -0.122. The van der Waals surface area contributed by atoms with Crippen LogP contribution in [0.5, 0.6) is 5.75 Å². The van der Waals surface area contributed by atoms with Crippen LogP contribution in [0.3, 0.4) is 0 Å². The van der Waals surface area contributed by atoms with Crippen LogP contribution in [-0.2, 0) is 4.79 Å². The van der Waals surface area contributed by atoms with Crippen LogP contribution in [0, 0.1) is 0 Å². The molecule has 0 aliphatic carbocycles. The molecule has 1 aliphatic rings. The summed E-state index contributed by atoms with van der Waals surface area (Å²) in [6.45, 7) is 2.63. The van der Waals surface area contributed by atoms with Gasteiger partial charge in [-0.15, -0.1) is 0 Å². The minimum Gasteiger partial charge on any atom is -0.497 e. The van der Waals surface area contributed by atoms with Gasteiger partial charge in [-0.05, 0) is 50.9 Å². The van der Waals surface area contributed by atoms with Crippen molar-refractivity contribution in [3.05, 3.63) is 23.8 Å². The molecule has 1 fully saturated rings. The van der Waals surface area contributed by atoms with Crippen molar-refractivity contribution < 1.29 is 19.4 Å². The van der Waals surface area contributed by atoms with E-state index in [1.54, 1.807) is 12.1 Å². The van der Waals surface area contributed by atoms with Gasteiger partial charge in [-0.1, -0.05) is 0 Å². The molecule has 2 rings (SSSR count). The van der Waals surface area contributed by atoms with Crippen molar-refractivity contribution in [3.8, 4) is 5.75 Å². The molecule has 0 aromatic heterocycles. The highest BCUT2D eigenvalue weighted by molar-refractivity contribution is 6.03. The van der Waals surface area contributed by atoms with Crippen molar-refractivity contribution in [1.29, 1.82) is 0 Å². The van der Waals surface area contributed by atoms with Gasteiger partial charge in [0.05, 0.1) is 23.9 Å². The third-order valence-electron chi connectivity index (χ3n) is 3.83.